The van der Waals surface area contributed by atoms with Gasteiger partial charge in [-0.2, -0.15) is 5.26 Å². The first-order chi connectivity index (χ1) is 8.11. The second-order valence-electron chi connectivity index (χ2n) is 3.62. The van der Waals surface area contributed by atoms with E-state index in [9.17, 15) is 9.00 Å². The minimum atomic E-state index is -0.857. The van der Waals surface area contributed by atoms with Gasteiger partial charge in [0.2, 0.25) is 5.91 Å². The zero-order valence-corrected chi connectivity index (χ0v) is 10.4. The van der Waals surface area contributed by atoms with Crippen molar-refractivity contribution in [3.05, 3.63) is 29.8 Å². The molecule has 0 radical (unpaired) electrons. The van der Waals surface area contributed by atoms with Gasteiger partial charge < -0.3 is 5.32 Å². The Morgan fingerprint density at radius 3 is 2.94 bits per heavy atom. The maximum atomic E-state index is 11.5. The number of benzene rings is 1. The highest BCUT2D eigenvalue weighted by Crippen LogP contribution is 2.10. The lowest BCUT2D eigenvalue weighted by Gasteiger charge is -2.04. The van der Waals surface area contributed by atoms with Gasteiger partial charge in [0.05, 0.1) is 11.6 Å². The van der Waals surface area contributed by atoms with E-state index in [1.807, 2.05) is 6.07 Å². The van der Waals surface area contributed by atoms with Crippen molar-refractivity contribution in [2.45, 2.75) is 12.8 Å². The van der Waals surface area contributed by atoms with E-state index in [0.717, 1.165) is 0 Å². The third-order valence-electron chi connectivity index (χ3n) is 2.11. The van der Waals surface area contributed by atoms with Gasteiger partial charge in [0.25, 0.3) is 0 Å². The van der Waals surface area contributed by atoms with Crippen molar-refractivity contribution in [1.82, 2.24) is 0 Å². The molecule has 1 unspecified atom stereocenters. The first kappa shape index (κ1) is 13.4. The molecule has 1 N–H and O–H groups in total. The van der Waals surface area contributed by atoms with E-state index in [4.69, 9.17) is 5.26 Å². The molecule has 17 heavy (non-hydrogen) atoms. The molecular weight excluding hydrogens is 236 g/mol. The number of rotatable bonds is 5. The predicted octanol–water partition coefficient (Wildman–Crippen LogP) is 1.66. The lowest BCUT2D eigenvalue weighted by atomic mass is 10.2. The van der Waals surface area contributed by atoms with Crippen LogP contribution in [0.1, 0.15) is 18.4 Å². The quantitative estimate of drug-likeness (QED) is 0.864. The van der Waals surface area contributed by atoms with Crippen LogP contribution in [0.5, 0.6) is 0 Å². The Morgan fingerprint density at radius 2 is 2.29 bits per heavy atom. The Kier molecular flexibility index (Phi) is 5.37. The molecule has 5 heteroatoms. The molecule has 0 bridgehead atoms. The molecule has 0 aromatic heterocycles. The standard InChI is InChI=1S/C12H14N2O2S/c1-17(16)7-3-6-12(15)14-11-5-2-4-10(8-11)9-13/h2,4-5,8H,3,6-7H2,1H3,(H,14,15). The molecule has 0 saturated heterocycles. The zero-order chi connectivity index (χ0) is 12.7. The van der Waals surface area contributed by atoms with E-state index >= 15 is 0 Å². The van der Waals surface area contributed by atoms with Crippen molar-refractivity contribution in [3.63, 3.8) is 0 Å². The molecule has 90 valence electrons. The predicted molar refractivity (Wildman–Crippen MR) is 68.0 cm³/mol. The van der Waals surface area contributed by atoms with Crippen molar-refractivity contribution in [2.75, 3.05) is 17.3 Å². The number of hydrogen-bond donors (Lipinski definition) is 1. The summed E-state index contributed by atoms with van der Waals surface area (Å²) in [6.07, 6.45) is 2.57. The topological polar surface area (TPSA) is 70.0 Å². The molecule has 1 amide bonds. The summed E-state index contributed by atoms with van der Waals surface area (Å²) in [5.74, 6) is 0.414. The van der Waals surface area contributed by atoms with E-state index in [0.29, 0.717) is 29.8 Å². The van der Waals surface area contributed by atoms with E-state index in [1.54, 1.807) is 30.5 Å². The van der Waals surface area contributed by atoms with Crippen molar-refractivity contribution >= 4 is 22.4 Å². The van der Waals surface area contributed by atoms with Crippen LogP contribution in [-0.2, 0) is 15.6 Å². The number of nitriles is 1. The van der Waals surface area contributed by atoms with Crippen LogP contribution in [0.15, 0.2) is 24.3 Å². The summed E-state index contributed by atoms with van der Waals surface area (Å²) in [7, 11) is -0.857. The van der Waals surface area contributed by atoms with Gasteiger partial charge in [0.15, 0.2) is 0 Å². The summed E-state index contributed by atoms with van der Waals surface area (Å²) in [5, 5.41) is 11.4. The first-order valence-corrected chi connectivity index (χ1v) is 6.94. The summed E-state index contributed by atoms with van der Waals surface area (Å²) < 4.78 is 10.8. The molecule has 1 aromatic rings. The SMILES string of the molecule is CS(=O)CCCC(=O)Nc1cccc(C#N)c1. The van der Waals surface area contributed by atoms with Crippen LogP contribution < -0.4 is 5.32 Å². The van der Waals surface area contributed by atoms with Crippen LogP contribution in [-0.4, -0.2) is 22.1 Å². The lowest BCUT2D eigenvalue weighted by Crippen LogP contribution is -2.12. The molecule has 1 rings (SSSR count). The summed E-state index contributed by atoms with van der Waals surface area (Å²) in [5.41, 5.74) is 1.13. The largest absolute Gasteiger partial charge is 0.326 e. The van der Waals surface area contributed by atoms with Crippen LogP contribution in [0.3, 0.4) is 0 Å². The highest BCUT2D eigenvalue weighted by molar-refractivity contribution is 7.84. The fourth-order valence-electron chi connectivity index (χ4n) is 1.33. The van der Waals surface area contributed by atoms with Gasteiger partial charge in [0, 0.05) is 34.9 Å². The number of nitrogens with zero attached hydrogens (tertiary/aromatic N) is 1. The van der Waals surface area contributed by atoms with Crippen molar-refractivity contribution in [2.24, 2.45) is 0 Å². The molecule has 1 aromatic carbocycles. The molecule has 0 saturated carbocycles. The lowest BCUT2D eigenvalue weighted by molar-refractivity contribution is -0.116. The summed E-state index contributed by atoms with van der Waals surface area (Å²) in [6, 6.07) is 8.75. The monoisotopic (exact) mass is 250 g/mol. The van der Waals surface area contributed by atoms with Crippen LogP contribution in [0.25, 0.3) is 0 Å². The smallest absolute Gasteiger partial charge is 0.224 e. The third kappa shape index (κ3) is 5.27. The molecule has 0 spiro atoms. The van der Waals surface area contributed by atoms with Gasteiger partial charge in [-0.3, -0.25) is 9.00 Å². The molecule has 0 heterocycles. The highest BCUT2D eigenvalue weighted by atomic mass is 32.2. The van der Waals surface area contributed by atoms with Crippen molar-refractivity contribution in [1.29, 1.82) is 5.26 Å². The fraction of sp³-hybridized carbons (Fsp3) is 0.333. The Balaban J connectivity index is 2.45. The summed E-state index contributed by atoms with van der Waals surface area (Å²) >= 11 is 0. The van der Waals surface area contributed by atoms with E-state index in [-0.39, 0.29) is 5.91 Å². The van der Waals surface area contributed by atoms with E-state index in [2.05, 4.69) is 5.32 Å². The molecule has 1 atom stereocenters. The Labute approximate surface area is 103 Å². The number of carbonyl (C=O) groups is 1. The minimum absolute atomic E-state index is 0.120. The number of anilines is 1. The van der Waals surface area contributed by atoms with Gasteiger partial charge in [-0.05, 0) is 24.6 Å². The van der Waals surface area contributed by atoms with Crippen LogP contribution in [0.2, 0.25) is 0 Å². The fourth-order valence-corrected chi connectivity index (χ4v) is 1.88. The van der Waals surface area contributed by atoms with Crippen molar-refractivity contribution in [3.8, 4) is 6.07 Å². The highest BCUT2D eigenvalue weighted by Gasteiger charge is 2.03. The van der Waals surface area contributed by atoms with E-state index in [1.165, 1.54) is 0 Å². The maximum Gasteiger partial charge on any atom is 0.224 e. The molecule has 0 fully saturated rings. The number of carbonyl (C=O) groups excluding carboxylic acids is 1. The Hall–Kier alpha value is -1.67. The minimum Gasteiger partial charge on any atom is -0.326 e. The van der Waals surface area contributed by atoms with Gasteiger partial charge in [0.1, 0.15) is 0 Å². The Morgan fingerprint density at radius 1 is 1.53 bits per heavy atom. The second-order valence-corrected chi connectivity index (χ2v) is 5.18. The molecule has 0 aliphatic carbocycles. The summed E-state index contributed by atoms with van der Waals surface area (Å²) in [6.45, 7) is 0. The maximum absolute atomic E-state index is 11.5. The molecular formula is C12H14N2O2S. The van der Waals surface area contributed by atoms with Crippen LogP contribution in [0, 0.1) is 11.3 Å². The third-order valence-corrected chi connectivity index (χ3v) is 2.97. The van der Waals surface area contributed by atoms with Gasteiger partial charge in [-0.1, -0.05) is 6.07 Å². The van der Waals surface area contributed by atoms with E-state index < -0.39 is 10.8 Å². The molecule has 0 aliphatic rings. The van der Waals surface area contributed by atoms with Gasteiger partial charge >= 0.3 is 0 Å². The average Bonchev–Trinajstić information content (AvgIpc) is 2.28. The van der Waals surface area contributed by atoms with Crippen LogP contribution in [0.4, 0.5) is 5.69 Å². The Bertz CT molecular complexity index is 466. The number of amides is 1. The van der Waals surface area contributed by atoms with Gasteiger partial charge in [-0.25, -0.2) is 0 Å². The summed E-state index contributed by atoms with van der Waals surface area (Å²) in [4.78, 5) is 11.5. The number of hydrogen-bond acceptors (Lipinski definition) is 3. The molecule has 0 aliphatic heterocycles. The first-order valence-electron chi connectivity index (χ1n) is 5.22. The second kappa shape index (κ2) is 6.81. The zero-order valence-electron chi connectivity index (χ0n) is 9.60. The average molecular weight is 250 g/mol. The number of nitrogens with one attached hydrogen (secondary N) is 1. The van der Waals surface area contributed by atoms with Gasteiger partial charge in [-0.15, -0.1) is 0 Å². The normalized spacial score (nSPS) is 11.5. The van der Waals surface area contributed by atoms with Crippen LogP contribution >= 0.6 is 0 Å². The van der Waals surface area contributed by atoms with Crippen molar-refractivity contribution < 1.29 is 9.00 Å². The molecule has 4 nitrogen and oxygen atoms in total.